The van der Waals surface area contributed by atoms with Gasteiger partial charge in [-0.3, -0.25) is 9.59 Å². The molecule has 7 rings (SSSR count). The molecule has 3 aliphatic carbocycles. The lowest BCUT2D eigenvalue weighted by Gasteiger charge is -2.51. The van der Waals surface area contributed by atoms with E-state index in [0.717, 1.165) is 34.4 Å². The van der Waals surface area contributed by atoms with Crippen LogP contribution in [0.4, 0.5) is 5.69 Å². The minimum atomic E-state index is -0.717. The van der Waals surface area contributed by atoms with Crippen LogP contribution in [0.3, 0.4) is 0 Å². The van der Waals surface area contributed by atoms with E-state index in [1.807, 2.05) is 36.4 Å². The molecule has 1 saturated heterocycles. The number of rotatable bonds is 4. The summed E-state index contributed by atoms with van der Waals surface area (Å²) in [6, 6.07) is 23.7. The van der Waals surface area contributed by atoms with Crippen molar-refractivity contribution in [1.29, 1.82) is 0 Å². The van der Waals surface area contributed by atoms with Crippen molar-refractivity contribution < 1.29 is 14.3 Å². The Labute approximate surface area is 195 Å². The van der Waals surface area contributed by atoms with Gasteiger partial charge in [0.05, 0.1) is 28.5 Å². The fourth-order valence-electron chi connectivity index (χ4n) is 5.85. The first kappa shape index (κ1) is 19.7. The van der Waals surface area contributed by atoms with E-state index in [1.165, 1.54) is 4.90 Å². The zero-order chi connectivity index (χ0) is 22.0. The van der Waals surface area contributed by atoms with E-state index in [9.17, 15) is 9.59 Å². The maximum Gasteiger partial charge on any atom is 0.239 e. The molecule has 0 radical (unpaired) electrons. The van der Waals surface area contributed by atoms with Gasteiger partial charge in [-0.1, -0.05) is 71.4 Å². The number of hydrogen-bond acceptors (Lipinski definition) is 3. The molecular weight excluding hydrogens is 466 g/mol. The second-order valence-electron chi connectivity index (χ2n) is 8.72. The molecule has 0 N–H and O–H groups in total. The minimum absolute atomic E-state index is 0.125. The summed E-state index contributed by atoms with van der Waals surface area (Å²) in [5, 5.41) is 0. The first-order valence-corrected chi connectivity index (χ1v) is 11.8. The average molecular weight is 488 g/mol. The Hall–Kier alpha value is -2.92. The molecule has 1 fully saturated rings. The molecule has 3 aromatic rings. The molecule has 0 unspecified atom stereocenters. The number of hydrogen-bond donors (Lipinski definition) is 0. The van der Waals surface area contributed by atoms with E-state index in [2.05, 4.69) is 47.1 Å². The molecule has 0 spiro atoms. The summed E-state index contributed by atoms with van der Waals surface area (Å²) >= 11 is 4.03. The molecule has 3 aromatic carbocycles. The summed E-state index contributed by atoms with van der Waals surface area (Å²) in [7, 11) is 0. The Balaban J connectivity index is 1.48. The predicted molar refractivity (Wildman–Crippen MR) is 126 cm³/mol. The van der Waals surface area contributed by atoms with Gasteiger partial charge in [0.25, 0.3) is 0 Å². The molecule has 2 atom stereocenters. The van der Waals surface area contributed by atoms with Gasteiger partial charge >= 0.3 is 0 Å². The van der Waals surface area contributed by atoms with Gasteiger partial charge in [0.1, 0.15) is 5.75 Å². The van der Waals surface area contributed by atoms with Gasteiger partial charge in [0.15, 0.2) is 0 Å². The van der Waals surface area contributed by atoms with Crippen LogP contribution in [0.5, 0.6) is 5.75 Å². The molecule has 32 heavy (non-hydrogen) atoms. The Morgan fingerprint density at radius 2 is 1.47 bits per heavy atom. The van der Waals surface area contributed by atoms with Crippen molar-refractivity contribution in [1.82, 2.24) is 0 Å². The highest BCUT2D eigenvalue weighted by Crippen LogP contribution is 2.66. The molecule has 0 aromatic heterocycles. The average Bonchev–Trinajstić information content (AvgIpc) is 3.10. The van der Waals surface area contributed by atoms with Crippen molar-refractivity contribution in [2.45, 2.75) is 23.6 Å². The smallest absolute Gasteiger partial charge is 0.239 e. The van der Waals surface area contributed by atoms with Crippen LogP contribution in [0.1, 0.15) is 41.5 Å². The summed E-state index contributed by atoms with van der Waals surface area (Å²) in [5.41, 5.74) is 5.06. The number of amides is 2. The van der Waals surface area contributed by atoms with Crippen LogP contribution in [0.2, 0.25) is 0 Å². The molecule has 4 nitrogen and oxygen atoms in total. The second kappa shape index (κ2) is 7.04. The number of carbonyl (C=O) groups excluding carboxylic acids is 2. The number of nitrogens with zero attached hydrogens (tertiary/aromatic N) is 1. The number of benzene rings is 3. The molecular formula is C27H22BrNO3. The zero-order valence-corrected chi connectivity index (χ0v) is 19.2. The fourth-order valence-corrected chi connectivity index (χ4v) is 7.05. The van der Waals surface area contributed by atoms with Crippen LogP contribution in [-0.2, 0) is 13.9 Å². The molecule has 1 heterocycles. The van der Waals surface area contributed by atoms with E-state index in [1.54, 1.807) is 12.1 Å². The van der Waals surface area contributed by atoms with Crippen molar-refractivity contribution in [3.63, 3.8) is 0 Å². The lowest BCUT2D eigenvalue weighted by Crippen LogP contribution is -2.50. The monoisotopic (exact) mass is 487 g/mol. The number of anilines is 1. The van der Waals surface area contributed by atoms with Crippen LogP contribution in [0.25, 0.3) is 0 Å². The van der Waals surface area contributed by atoms with E-state index >= 15 is 0 Å². The third-order valence-electron chi connectivity index (χ3n) is 7.08. The van der Waals surface area contributed by atoms with Crippen LogP contribution >= 0.6 is 15.9 Å². The van der Waals surface area contributed by atoms with Crippen molar-refractivity contribution in [2.24, 2.45) is 11.8 Å². The molecule has 0 saturated carbocycles. The van der Waals surface area contributed by atoms with Crippen molar-refractivity contribution >= 4 is 33.4 Å². The molecule has 5 heteroatoms. The Kier molecular flexibility index (Phi) is 4.34. The third-order valence-corrected chi connectivity index (χ3v) is 8.43. The lowest BCUT2D eigenvalue weighted by atomic mass is 9.55. The lowest BCUT2D eigenvalue weighted by molar-refractivity contribution is -0.122. The topological polar surface area (TPSA) is 46.6 Å². The summed E-state index contributed by atoms with van der Waals surface area (Å²) in [4.78, 5) is 29.1. The van der Waals surface area contributed by atoms with Gasteiger partial charge in [-0.15, -0.1) is 0 Å². The van der Waals surface area contributed by atoms with Crippen LogP contribution in [-0.4, -0.2) is 18.4 Å². The zero-order valence-electron chi connectivity index (χ0n) is 17.6. The van der Waals surface area contributed by atoms with E-state index in [4.69, 9.17) is 4.74 Å². The third kappa shape index (κ3) is 2.43. The molecule has 4 aliphatic rings. The highest BCUT2D eigenvalue weighted by Gasteiger charge is 2.67. The quantitative estimate of drug-likeness (QED) is 0.366. The van der Waals surface area contributed by atoms with Crippen molar-refractivity contribution in [3.05, 3.63) is 95.1 Å². The minimum Gasteiger partial charge on any atom is -0.494 e. The Morgan fingerprint density at radius 3 is 2.06 bits per heavy atom. The molecule has 2 amide bonds. The standard InChI is InChI=1S/C27H22BrNO3/c1-2-15-32-17-13-11-16(12-14-17)29-25(30)23-22-18-7-3-5-9-20(18)27(28,24(23)26(29)31)21-10-6-4-8-19(21)22/h3-14,22-24H,2,15H2,1H3/t22?,23-,24+,27?/m1/s1. The predicted octanol–water partition coefficient (Wildman–Crippen LogP) is 5.38. The number of carbonyl (C=O) groups is 2. The summed E-state index contributed by atoms with van der Waals surface area (Å²) in [6.07, 6.45) is 0.921. The Bertz CT molecular complexity index is 1200. The summed E-state index contributed by atoms with van der Waals surface area (Å²) in [6.45, 7) is 2.69. The van der Waals surface area contributed by atoms with Gasteiger partial charge in [-0.05, 0) is 52.9 Å². The van der Waals surface area contributed by atoms with Crippen LogP contribution in [0.15, 0.2) is 72.8 Å². The molecule has 160 valence electrons. The van der Waals surface area contributed by atoms with E-state index < -0.39 is 16.2 Å². The largest absolute Gasteiger partial charge is 0.494 e. The van der Waals surface area contributed by atoms with Gasteiger partial charge in [0.2, 0.25) is 11.8 Å². The number of ether oxygens (including phenoxy) is 1. The maximum atomic E-state index is 13.9. The molecule has 2 bridgehead atoms. The van der Waals surface area contributed by atoms with Gasteiger partial charge < -0.3 is 4.74 Å². The number of halogens is 1. The van der Waals surface area contributed by atoms with Crippen molar-refractivity contribution in [2.75, 3.05) is 11.5 Å². The maximum absolute atomic E-state index is 13.9. The number of imide groups is 1. The summed E-state index contributed by atoms with van der Waals surface area (Å²) < 4.78 is 4.95. The van der Waals surface area contributed by atoms with Crippen molar-refractivity contribution in [3.8, 4) is 5.75 Å². The summed E-state index contributed by atoms with van der Waals surface area (Å²) in [5.74, 6) is -0.568. The highest BCUT2D eigenvalue weighted by molar-refractivity contribution is 9.09. The van der Waals surface area contributed by atoms with E-state index in [-0.39, 0.29) is 17.7 Å². The SMILES string of the molecule is CCCOc1ccc(N2C(=O)[C@@H]3C4c5ccccc5C(Br)(c5ccccc54)[C@@H]3C2=O)cc1. The fraction of sp³-hybridized carbons (Fsp3) is 0.259. The van der Waals surface area contributed by atoms with Gasteiger partial charge in [0, 0.05) is 5.92 Å². The molecule has 1 aliphatic heterocycles. The normalized spacial score (nSPS) is 27.2. The first-order valence-electron chi connectivity index (χ1n) is 11.1. The number of alkyl halides is 1. The first-order chi connectivity index (χ1) is 15.6. The van der Waals surface area contributed by atoms with E-state index in [0.29, 0.717) is 12.3 Å². The van der Waals surface area contributed by atoms with Crippen LogP contribution in [0, 0.1) is 11.8 Å². The van der Waals surface area contributed by atoms with Gasteiger partial charge in [-0.25, -0.2) is 4.90 Å². The highest BCUT2D eigenvalue weighted by atomic mass is 79.9. The van der Waals surface area contributed by atoms with Crippen LogP contribution < -0.4 is 9.64 Å². The van der Waals surface area contributed by atoms with Gasteiger partial charge in [-0.2, -0.15) is 0 Å². The Morgan fingerprint density at radius 1 is 0.875 bits per heavy atom. The second-order valence-corrected chi connectivity index (χ2v) is 9.97.